The van der Waals surface area contributed by atoms with Gasteiger partial charge in [-0.2, -0.15) is 11.8 Å². The fourth-order valence-electron chi connectivity index (χ4n) is 1.67. The lowest BCUT2D eigenvalue weighted by atomic mass is 10.3. The Hall–Kier alpha value is 0.270. The van der Waals surface area contributed by atoms with Crippen molar-refractivity contribution in [3.05, 3.63) is 0 Å². The minimum absolute atomic E-state index is 0.838. The predicted molar refractivity (Wildman–Crippen MR) is 40.4 cm³/mol. The van der Waals surface area contributed by atoms with Crippen molar-refractivity contribution in [2.45, 2.75) is 17.7 Å². The molecule has 0 saturated carbocycles. The summed E-state index contributed by atoms with van der Waals surface area (Å²) in [6.45, 7) is 1.26. The zero-order valence-electron chi connectivity index (χ0n) is 5.63. The molecule has 52 valence electrons. The van der Waals surface area contributed by atoms with E-state index >= 15 is 0 Å². The number of hydrogen-bond donors (Lipinski definition) is 1. The van der Waals surface area contributed by atoms with E-state index in [1.54, 1.807) is 0 Å². The summed E-state index contributed by atoms with van der Waals surface area (Å²) in [5.41, 5.74) is 3.22. The summed E-state index contributed by atoms with van der Waals surface area (Å²) < 4.78 is 0. The number of thioether (sulfide) groups is 1. The van der Waals surface area contributed by atoms with Crippen LogP contribution in [0.1, 0.15) is 6.42 Å². The highest BCUT2D eigenvalue weighted by molar-refractivity contribution is 8.00. The van der Waals surface area contributed by atoms with Crippen LogP contribution in [0.5, 0.6) is 0 Å². The molecule has 2 saturated heterocycles. The van der Waals surface area contributed by atoms with Crippen LogP contribution in [0.4, 0.5) is 0 Å². The minimum Gasteiger partial charge on any atom is -0.258 e. The predicted octanol–water partition coefficient (Wildman–Crippen LogP) is 0.310. The van der Waals surface area contributed by atoms with Crippen LogP contribution >= 0.6 is 11.8 Å². The second-order valence-corrected chi connectivity index (χ2v) is 4.05. The highest BCUT2D eigenvalue weighted by Gasteiger charge is 2.37. The highest BCUT2D eigenvalue weighted by Crippen LogP contribution is 2.35. The van der Waals surface area contributed by atoms with Crippen LogP contribution in [-0.2, 0) is 0 Å². The molecule has 2 rings (SSSR count). The van der Waals surface area contributed by atoms with Gasteiger partial charge in [0.25, 0.3) is 0 Å². The first-order valence-electron chi connectivity index (χ1n) is 3.46. The summed E-state index contributed by atoms with van der Waals surface area (Å²) >= 11 is 2.13. The summed E-state index contributed by atoms with van der Waals surface area (Å²) in [4.78, 5) is 0. The average molecular weight is 144 g/mol. The van der Waals surface area contributed by atoms with Gasteiger partial charge in [-0.25, -0.2) is 5.01 Å². The smallest absolute Gasteiger partial charge is 0.0345 e. The van der Waals surface area contributed by atoms with Gasteiger partial charge in [0.15, 0.2) is 0 Å². The molecule has 2 heterocycles. The zero-order valence-corrected chi connectivity index (χ0v) is 6.45. The molecule has 0 amide bonds. The molecule has 0 spiro atoms. The van der Waals surface area contributed by atoms with Crippen molar-refractivity contribution in [1.82, 2.24) is 10.4 Å². The summed E-state index contributed by atoms with van der Waals surface area (Å²) in [5.74, 6) is 1.34. The molecule has 3 heteroatoms. The van der Waals surface area contributed by atoms with E-state index in [1.807, 2.05) is 7.05 Å². The van der Waals surface area contributed by atoms with Gasteiger partial charge in [0.05, 0.1) is 0 Å². The summed E-state index contributed by atoms with van der Waals surface area (Å²) in [6, 6.07) is 0.838. The summed E-state index contributed by atoms with van der Waals surface area (Å²) in [5, 5.41) is 3.30. The van der Waals surface area contributed by atoms with Gasteiger partial charge in [-0.05, 0) is 13.5 Å². The van der Waals surface area contributed by atoms with Gasteiger partial charge in [-0.15, -0.1) is 0 Å². The number of rotatable bonds is 1. The molecule has 2 fully saturated rings. The fraction of sp³-hybridized carbons (Fsp3) is 1.00. The molecule has 0 radical (unpaired) electrons. The molecule has 2 aliphatic rings. The van der Waals surface area contributed by atoms with Gasteiger partial charge in [0, 0.05) is 23.6 Å². The Balaban J connectivity index is 2.01. The molecule has 2 unspecified atom stereocenters. The molecule has 2 nitrogen and oxygen atoms in total. The Bertz CT molecular complexity index is 118. The minimum atomic E-state index is 0.838. The number of nitrogens with one attached hydrogen (secondary N) is 1. The molecule has 2 atom stereocenters. The van der Waals surface area contributed by atoms with Crippen molar-refractivity contribution < 1.29 is 0 Å². The van der Waals surface area contributed by atoms with E-state index in [1.165, 1.54) is 18.7 Å². The summed E-state index contributed by atoms with van der Waals surface area (Å²) in [7, 11) is 2.02. The first kappa shape index (κ1) is 6.01. The SMILES string of the molecule is CNN1CC2CC1CS2. The Morgan fingerprint density at radius 1 is 1.67 bits per heavy atom. The molecule has 9 heavy (non-hydrogen) atoms. The zero-order chi connectivity index (χ0) is 6.27. The van der Waals surface area contributed by atoms with Gasteiger partial charge in [0.2, 0.25) is 0 Å². The molecule has 2 aliphatic heterocycles. The lowest BCUT2D eigenvalue weighted by Crippen LogP contribution is -2.42. The third-order valence-electron chi connectivity index (χ3n) is 2.19. The van der Waals surface area contributed by atoms with E-state index in [9.17, 15) is 0 Å². The standard InChI is InChI=1S/C6H12N2S/c1-7-8-3-6-2-5(8)4-9-6/h5-7H,2-4H2,1H3. The van der Waals surface area contributed by atoms with Crippen molar-refractivity contribution in [1.29, 1.82) is 0 Å². The topological polar surface area (TPSA) is 15.3 Å². The first-order chi connectivity index (χ1) is 4.40. The van der Waals surface area contributed by atoms with E-state index < -0.39 is 0 Å². The van der Waals surface area contributed by atoms with Crippen LogP contribution in [0.25, 0.3) is 0 Å². The Labute approximate surface area is 60.0 Å². The number of nitrogens with zero attached hydrogens (tertiary/aromatic N) is 1. The van der Waals surface area contributed by atoms with Crippen LogP contribution in [0.2, 0.25) is 0 Å². The van der Waals surface area contributed by atoms with E-state index in [0.717, 1.165) is 11.3 Å². The van der Waals surface area contributed by atoms with E-state index in [0.29, 0.717) is 0 Å². The van der Waals surface area contributed by atoms with E-state index in [-0.39, 0.29) is 0 Å². The monoisotopic (exact) mass is 144 g/mol. The molecule has 0 aromatic rings. The lowest BCUT2D eigenvalue weighted by Gasteiger charge is -2.24. The fourth-order valence-corrected chi connectivity index (χ4v) is 3.11. The van der Waals surface area contributed by atoms with Gasteiger partial charge in [-0.1, -0.05) is 0 Å². The van der Waals surface area contributed by atoms with Crippen LogP contribution in [0.15, 0.2) is 0 Å². The maximum Gasteiger partial charge on any atom is 0.0345 e. The van der Waals surface area contributed by atoms with Crippen LogP contribution in [0, 0.1) is 0 Å². The first-order valence-corrected chi connectivity index (χ1v) is 4.50. The number of hydrogen-bond acceptors (Lipinski definition) is 3. The Morgan fingerprint density at radius 2 is 2.56 bits per heavy atom. The van der Waals surface area contributed by atoms with Gasteiger partial charge in [-0.3, -0.25) is 5.43 Å². The average Bonchev–Trinajstić information content (AvgIpc) is 2.45. The number of hydrazine groups is 1. The van der Waals surface area contributed by atoms with Gasteiger partial charge >= 0.3 is 0 Å². The largest absolute Gasteiger partial charge is 0.258 e. The molecule has 1 N–H and O–H groups in total. The Kier molecular flexibility index (Phi) is 1.43. The van der Waals surface area contributed by atoms with Crippen molar-refractivity contribution in [3.63, 3.8) is 0 Å². The highest BCUT2D eigenvalue weighted by atomic mass is 32.2. The van der Waals surface area contributed by atoms with Gasteiger partial charge in [0.1, 0.15) is 0 Å². The summed E-state index contributed by atoms with van der Waals surface area (Å²) in [6.07, 6.45) is 1.41. The lowest BCUT2D eigenvalue weighted by molar-refractivity contribution is 0.202. The second kappa shape index (κ2) is 2.15. The molecule has 0 aromatic heterocycles. The van der Waals surface area contributed by atoms with Crippen LogP contribution in [-0.4, -0.2) is 35.6 Å². The third-order valence-corrected chi connectivity index (χ3v) is 3.58. The van der Waals surface area contributed by atoms with E-state index in [2.05, 4.69) is 22.2 Å². The number of fused-ring (bicyclic) bond motifs is 2. The van der Waals surface area contributed by atoms with Crippen molar-refractivity contribution in [3.8, 4) is 0 Å². The van der Waals surface area contributed by atoms with Gasteiger partial charge < -0.3 is 0 Å². The van der Waals surface area contributed by atoms with Crippen molar-refractivity contribution in [2.24, 2.45) is 0 Å². The molecule has 2 bridgehead atoms. The quantitative estimate of drug-likeness (QED) is 0.570. The molecular weight excluding hydrogens is 132 g/mol. The normalized spacial score (nSPS) is 42.3. The molecule has 0 aromatic carbocycles. The van der Waals surface area contributed by atoms with Crippen molar-refractivity contribution >= 4 is 11.8 Å². The Morgan fingerprint density at radius 3 is 2.89 bits per heavy atom. The van der Waals surface area contributed by atoms with E-state index in [4.69, 9.17) is 0 Å². The third kappa shape index (κ3) is 0.876. The van der Waals surface area contributed by atoms with Crippen LogP contribution < -0.4 is 5.43 Å². The second-order valence-electron chi connectivity index (χ2n) is 2.72. The van der Waals surface area contributed by atoms with Crippen molar-refractivity contribution in [2.75, 3.05) is 19.3 Å². The molecule has 0 aliphatic carbocycles. The maximum atomic E-state index is 3.22. The maximum absolute atomic E-state index is 3.22. The molecular formula is C6H12N2S. The van der Waals surface area contributed by atoms with Crippen LogP contribution in [0.3, 0.4) is 0 Å².